The molecule has 3 rings (SSSR count). The summed E-state index contributed by atoms with van der Waals surface area (Å²) in [5, 5.41) is 3.55. The highest BCUT2D eigenvalue weighted by Crippen LogP contribution is 2.53. The van der Waals surface area contributed by atoms with Crippen LogP contribution in [0.4, 0.5) is 0 Å². The van der Waals surface area contributed by atoms with Gasteiger partial charge in [-0.25, -0.2) is 0 Å². The largest absolute Gasteiger partial charge is 0.314 e. The molecule has 3 saturated carbocycles. The van der Waals surface area contributed by atoms with E-state index >= 15 is 0 Å². The Hall–Kier alpha value is -0.0400. The molecule has 2 bridgehead atoms. The summed E-state index contributed by atoms with van der Waals surface area (Å²) in [4.78, 5) is 0. The maximum Gasteiger partial charge on any atom is 0.0179 e. The van der Waals surface area contributed by atoms with Crippen molar-refractivity contribution in [2.75, 3.05) is 7.05 Å². The first-order chi connectivity index (χ1) is 5.74. The zero-order valence-corrected chi connectivity index (χ0v) is 8.45. The van der Waals surface area contributed by atoms with Gasteiger partial charge < -0.3 is 5.32 Å². The SMILES string of the molecule is CCC12CCC(NC)(CC1)CC2. The van der Waals surface area contributed by atoms with Crippen molar-refractivity contribution in [3.05, 3.63) is 0 Å². The normalized spacial score (nSPS) is 46.5. The van der Waals surface area contributed by atoms with E-state index in [1.54, 1.807) is 0 Å². The zero-order valence-electron chi connectivity index (χ0n) is 8.45. The number of rotatable bonds is 2. The van der Waals surface area contributed by atoms with Crippen LogP contribution in [0.3, 0.4) is 0 Å². The highest BCUT2D eigenvalue weighted by Gasteiger charge is 2.46. The molecule has 0 heterocycles. The van der Waals surface area contributed by atoms with Crippen molar-refractivity contribution < 1.29 is 0 Å². The van der Waals surface area contributed by atoms with Gasteiger partial charge in [-0.15, -0.1) is 0 Å². The van der Waals surface area contributed by atoms with Crippen LogP contribution in [0.15, 0.2) is 0 Å². The Labute approximate surface area is 75.9 Å². The molecule has 0 spiro atoms. The van der Waals surface area contributed by atoms with E-state index in [0.29, 0.717) is 5.54 Å². The summed E-state index contributed by atoms with van der Waals surface area (Å²) >= 11 is 0. The van der Waals surface area contributed by atoms with Crippen molar-refractivity contribution in [3.8, 4) is 0 Å². The Balaban J connectivity index is 2.09. The van der Waals surface area contributed by atoms with Crippen molar-refractivity contribution in [3.63, 3.8) is 0 Å². The lowest BCUT2D eigenvalue weighted by Gasteiger charge is -2.53. The first-order valence-electron chi connectivity index (χ1n) is 5.43. The van der Waals surface area contributed by atoms with E-state index in [1.165, 1.54) is 44.9 Å². The van der Waals surface area contributed by atoms with Gasteiger partial charge in [-0.2, -0.15) is 0 Å². The predicted molar refractivity (Wildman–Crippen MR) is 52.2 cm³/mol. The second-order valence-electron chi connectivity index (χ2n) is 4.88. The molecule has 3 fully saturated rings. The van der Waals surface area contributed by atoms with Gasteiger partial charge in [0, 0.05) is 5.54 Å². The van der Waals surface area contributed by atoms with Crippen LogP contribution in [0.1, 0.15) is 51.9 Å². The summed E-state index contributed by atoms with van der Waals surface area (Å²) in [5.74, 6) is 0. The van der Waals surface area contributed by atoms with E-state index in [9.17, 15) is 0 Å². The minimum absolute atomic E-state index is 0.552. The standard InChI is InChI=1S/C11H21N/c1-3-10-4-7-11(12-2,8-5-10)9-6-10/h12H,3-9H2,1-2H3. The molecule has 0 radical (unpaired) electrons. The van der Waals surface area contributed by atoms with E-state index < -0.39 is 0 Å². The summed E-state index contributed by atoms with van der Waals surface area (Å²) in [7, 11) is 2.14. The van der Waals surface area contributed by atoms with Gasteiger partial charge >= 0.3 is 0 Å². The van der Waals surface area contributed by atoms with Gasteiger partial charge in [0.2, 0.25) is 0 Å². The van der Waals surface area contributed by atoms with Crippen molar-refractivity contribution >= 4 is 0 Å². The van der Waals surface area contributed by atoms with Crippen molar-refractivity contribution in [1.29, 1.82) is 0 Å². The number of hydrogen-bond donors (Lipinski definition) is 1. The van der Waals surface area contributed by atoms with Crippen LogP contribution in [0.25, 0.3) is 0 Å². The monoisotopic (exact) mass is 167 g/mol. The molecular weight excluding hydrogens is 146 g/mol. The topological polar surface area (TPSA) is 12.0 Å². The second kappa shape index (κ2) is 2.73. The minimum Gasteiger partial charge on any atom is -0.314 e. The molecule has 70 valence electrons. The van der Waals surface area contributed by atoms with Gasteiger partial charge in [-0.1, -0.05) is 13.3 Å². The summed E-state index contributed by atoms with van der Waals surface area (Å²) < 4.78 is 0. The van der Waals surface area contributed by atoms with Crippen LogP contribution < -0.4 is 5.32 Å². The fourth-order valence-corrected chi connectivity index (χ4v) is 3.17. The van der Waals surface area contributed by atoms with E-state index in [-0.39, 0.29) is 0 Å². The molecule has 0 unspecified atom stereocenters. The van der Waals surface area contributed by atoms with Crippen LogP contribution in [0.5, 0.6) is 0 Å². The van der Waals surface area contributed by atoms with Crippen LogP contribution in [0.2, 0.25) is 0 Å². The summed E-state index contributed by atoms with van der Waals surface area (Å²) in [5.41, 5.74) is 1.32. The highest BCUT2D eigenvalue weighted by molar-refractivity contribution is 5.03. The Bertz CT molecular complexity index is 129. The minimum atomic E-state index is 0.552. The molecule has 12 heavy (non-hydrogen) atoms. The number of hydrogen-bond acceptors (Lipinski definition) is 1. The lowest BCUT2D eigenvalue weighted by Crippen LogP contribution is -2.53. The maximum atomic E-state index is 3.55. The lowest BCUT2D eigenvalue weighted by atomic mass is 9.56. The van der Waals surface area contributed by atoms with Crippen LogP contribution in [-0.2, 0) is 0 Å². The smallest absolute Gasteiger partial charge is 0.0179 e. The summed E-state index contributed by atoms with van der Waals surface area (Å²) in [6.07, 6.45) is 10.1. The first-order valence-corrected chi connectivity index (χ1v) is 5.43. The molecule has 1 nitrogen and oxygen atoms in total. The summed E-state index contributed by atoms with van der Waals surface area (Å²) in [6.45, 7) is 2.37. The molecule has 3 aliphatic rings. The van der Waals surface area contributed by atoms with E-state index in [1.807, 2.05) is 0 Å². The van der Waals surface area contributed by atoms with E-state index in [4.69, 9.17) is 0 Å². The molecule has 0 amide bonds. The van der Waals surface area contributed by atoms with Crippen LogP contribution >= 0.6 is 0 Å². The number of fused-ring (bicyclic) bond motifs is 3. The Morgan fingerprint density at radius 2 is 1.50 bits per heavy atom. The molecule has 0 atom stereocenters. The quantitative estimate of drug-likeness (QED) is 0.667. The van der Waals surface area contributed by atoms with Crippen molar-refractivity contribution in [1.82, 2.24) is 5.32 Å². The van der Waals surface area contributed by atoms with Gasteiger partial charge in [0.05, 0.1) is 0 Å². The Kier molecular flexibility index (Phi) is 1.95. The fourth-order valence-electron chi connectivity index (χ4n) is 3.17. The molecule has 1 heteroatoms. The van der Waals surface area contributed by atoms with Crippen LogP contribution in [0, 0.1) is 5.41 Å². The molecule has 0 aromatic carbocycles. The third kappa shape index (κ3) is 1.10. The second-order valence-corrected chi connectivity index (χ2v) is 4.88. The molecule has 0 aromatic heterocycles. The third-order valence-corrected chi connectivity index (χ3v) is 4.68. The Morgan fingerprint density at radius 3 is 1.83 bits per heavy atom. The van der Waals surface area contributed by atoms with Crippen molar-refractivity contribution in [2.45, 2.75) is 57.4 Å². The molecule has 1 N–H and O–H groups in total. The fraction of sp³-hybridized carbons (Fsp3) is 1.00. The predicted octanol–water partition coefficient (Wildman–Crippen LogP) is 2.71. The van der Waals surface area contributed by atoms with Gasteiger partial charge in [-0.05, 0) is 51.0 Å². The highest BCUT2D eigenvalue weighted by atomic mass is 15.0. The Morgan fingerprint density at radius 1 is 1.00 bits per heavy atom. The van der Waals surface area contributed by atoms with Crippen LogP contribution in [-0.4, -0.2) is 12.6 Å². The lowest BCUT2D eigenvalue weighted by molar-refractivity contribution is 0.0248. The molecule has 0 aliphatic heterocycles. The maximum absolute atomic E-state index is 3.55. The van der Waals surface area contributed by atoms with E-state index in [0.717, 1.165) is 5.41 Å². The molecule has 0 saturated heterocycles. The molecule has 0 aromatic rings. The third-order valence-electron chi connectivity index (χ3n) is 4.68. The zero-order chi connectivity index (χ0) is 8.66. The van der Waals surface area contributed by atoms with Crippen molar-refractivity contribution in [2.24, 2.45) is 5.41 Å². The van der Waals surface area contributed by atoms with Gasteiger partial charge in [0.15, 0.2) is 0 Å². The summed E-state index contributed by atoms with van der Waals surface area (Å²) in [6, 6.07) is 0. The van der Waals surface area contributed by atoms with E-state index in [2.05, 4.69) is 19.3 Å². The average Bonchev–Trinajstić information content (AvgIpc) is 2.21. The van der Waals surface area contributed by atoms with Gasteiger partial charge in [0.25, 0.3) is 0 Å². The number of nitrogens with one attached hydrogen (secondary N) is 1. The molecular formula is C11H21N. The molecule has 3 aliphatic carbocycles. The first kappa shape index (κ1) is 8.55. The average molecular weight is 167 g/mol. The van der Waals surface area contributed by atoms with Gasteiger partial charge in [-0.3, -0.25) is 0 Å². The van der Waals surface area contributed by atoms with Gasteiger partial charge in [0.1, 0.15) is 0 Å².